The summed E-state index contributed by atoms with van der Waals surface area (Å²) in [6.45, 7) is 4.43. The zero-order chi connectivity index (χ0) is 11.7. The van der Waals surface area contributed by atoms with Crippen LogP contribution in [-0.4, -0.2) is 27.5 Å². The van der Waals surface area contributed by atoms with E-state index in [0.29, 0.717) is 5.95 Å². The second-order valence-corrected chi connectivity index (χ2v) is 5.50. The van der Waals surface area contributed by atoms with Crippen molar-refractivity contribution in [1.82, 2.24) is 14.5 Å². The molecule has 4 nitrogen and oxygen atoms in total. The van der Waals surface area contributed by atoms with E-state index in [4.69, 9.17) is 5.73 Å². The van der Waals surface area contributed by atoms with E-state index in [9.17, 15) is 0 Å². The number of anilines is 1. The number of imidazole rings is 1. The van der Waals surface area contributed by atoms with Crippen molar-refractivity contribution in [2.75, 3.05) is 18.8 Å². The molecule has 1 saturated carbocycles. The quantitative estimate of drug-likeness (QED) is 0.849. The van der Waals surface area contributed by atoms with Gasteiger partial charge in [-0.25, -0.2) is 4.98 Å². The van der Waals surface area contributed by atoms with Gasteiger partial charge in [-0.05, 0) is 18.8 Å². The molecule has 1 aliphatic carbocycles. The van der Waals surface area contributed by atoms with Crippen molar-refractivity contribution >= 4 is 5.95 Å². The largest absolute Gasteiger partial charge is 0.369 e. The van der Waals surface area contributed by atoms with Crippen LogP contribution in [0.4, 0.5) is 5.95 Å². The summed E-state index contributed by atoms with van der Waals surface area (Å²) in [5, 5.41) is 0. The van der Waals surface area contributed by atoms with Gasteiger partial charge in [0.25, 0.3) is 0 Å². The van der Waals surface area contributed by atoms with Gasteiger partial charge in [0.1, 0.15) is 0 Å². The van der Waals surface area contributed by atoms with Crippen LogP contribution in [0.25, 0.3) is 0 Å². The fourth-order valence-corrected chi connectivity index (χ4v) is 3.25. The van der Waals surface area contributed by atoms with E-state index in [1.165, 1.54) is 44.3 Å². The Kier molecular flexibility index (Phi) is 3.05. The molecule has 1 fully saturated rings. The molecule has 4 heteroatoms. The Morgan fingerprint density at radius 3 is 2.88 bits per heavy atom. The number of hydrogen-bond acceptors (Lipinski definition) is 3. The first kappa shape index (κ1) is 11.1. The summed E-state index contributed by atoms with van der Waals surface area (Å²) in [6, 6.07) is 0. The lowest BCUT2D eigenvalue weighted by molar-refractivity contribution is 0.168. The zero-order valence-corrected chi connectivity index (χ0v) is 10.4. The minimum absolute atomic E-state index is 0.678. The molecule has 0 atom stereocenters. The molecule has 3 rings (SSSR count). The number of rotatable bonds is 2. The van der Waals surface area contributed by atoms with Gasteiger partial charge in [-0.15, -0.1) is 0 Å². The first-order valence-electron chi connectivity index (χ1n) is 6.85. The molecule has 2 heterocycles. The third-order valence-electron chi connectivity index (χ3n) is 4.24. The molecule has 0 amide bonds. The molecule has 1 aromatic rings. The smallest absolute Gasteiger partial charge is 0.200 e. The molecule has 1 aromatic heterocycles. The summed E-state index contributed by atoms with van der Waals surface area (Å²) in [7, 11) is 0. The van der Waals surface area contributed by atoms with Gasteiger partial charge in [-0.1, -0.05) is 19.3 Å². The van der Waals surface area contributed by atoms with E-state index in [-0.39, 0.29) is 0 Å². The standard InChI is InChI=1S/C13H22N4/c14-13-15-8-12-10-16(6-7-17(12)13)9-11-4-2-1-3-5-11/h8,11H,1-7,9-10H2,(H2,14,15). The minimum atomic E-state index is 0.678. The molecule has 0 radical (unpaired) electrons. The Bertz CT molecular complexity index is 379. The number of nitrogen functional groups attached to an aromatic ring is 1. The Morgan fingerprint density at radius 2 is 2.06 bits per heavy atom. The van der Waals surface area contributed by atoms with Crippen molar-refractivity contribution in [1.29, 1.82) is 0 Å². The van der Waals surface area contributed by atoms with Crippen LogP contribution in [0.15, 0.2) is 6.20 Å². The van der Waals surface area contributed by atoms with Crippen LogP contribution in [-0.2, 0) is 13.1 Å². The normalized spacial score (nSPS) is 22.6. The molecule has 17 heavy (non-hydrogen) atoms. The van der Waals surface area contributed by atoms with E-state index in [1.807, 2.05) is 6.20 Å². The van der Waals surface area contributed by atoms with Crippen LogP contribution in [0, 0.1) is 5.92 Å². The third-order valence-corrected chi connectivity index (χ3v) is 4.24. The van der Waals surface area contributed by atoms with Gasteiger partial charge in [-0.3, -0.25) is 4.90 Å². The molecule has 2 aliphatic rings. The fourth-order valence-electron chi connectivity index (χ4n) is 3.25. The van der Waals surface area contributed by atoms with Crippen LogP contribution in [0.5, 0.6) is 0 Å². The Morgan fingerprint density at radius 1 is 1.24 bits per heavy atom. The maximum absolute atomic E-state index is 5.82. The minimum Gasteiger partial charge on any atom is -0.369 e. The van der Waals surface area contributed by atoms with E-state index in [1.54, 1.807) is 0 Å². The van der Waals surface area contributed by atoms with Crippen molar-refractivity contribution in [2.24, 2.45) is 5.92 Å². The Hall–Kier alpha value is -1.03. The van der Waals surface area contributed by atoms with E-state index in [2.05, 4.69) is 14.5 Å². The number of nitrogens with two attached hydrogens (primary N) is 1. The molecule has 0 bridgehead atoms. The maximum atomic E-state index is 5.82. The van der Waals surface area contributed by atoms with Gasteiger partial charge in [-0.2, -0.15) is 0 Å². The first-order chi connectivity index (χ1) is 8.33. The highest BCUT2D eigenvalue weighted by atomic mass is 15.3. The van der Waals surface area contributed by atoms with Crippen LogP contribution >= 0.6 is 0 Å². The molecule has 0 saturated heterocycles. The summed E-state index contributed by atoms with van der Waals surface area (Å²) in [5.74, 6) is 1.60. The van der Waals surface area contributed by atoms with Crippen molar-refractivity contribution < 1.29 is 0 Å². The van der Waals surface area contributed by atoms with Gasteiger partial charge in [0, 0.05) is 26.2 Å². The topological polar surface area (TPSA) is 47.1 Å². The molecular formula is C13H22N4. The second-order valence-electron chi connectivity index (χ2n) is 5.50. The summed E-state index contributed by atoms with van der Waals surface area (Å²) >= 11 is 0. The van der Waals surface area contributed by atoms with Gasteiger partial charge in [0.15, 0.2) is 5.95 Å². The molecule has 94 valence electrons. The van der Waals surface area contributed by atoms with Crippen LogP contribution in [0.2, 0.25) is 0 Å². The summed E-state index contributed by atoms with van der Waals surface area (Å²) in [4.78, 5) is 6.77. The van der Waals surface area contributed by atoms with Gasteiger partial charge in [0.2, 0.25) is 0 Å². The van der Waals surface area contributed by atoms with E-state index < -0.39 is 0 Å². The highest BCUT2D eigenvalue weighted by molar-refractivity contribution is 5.23. The Labute approximate surface area is 103 Å². The molecule has 0 spiro atoms. The monoisotopic (exact) mass is 234 g/mol. The van der Waals surface area contributed by atoms with Crippen molar-refractivity contribution in [3.63, 3.8) is 0 Å². The summed E-state index contributed by atoms with van der Waals surface area (Å²) < 4.78 is 2.15. The first-order valence-corrected chi connectivity index (χ1v) is 6.85. The molecule has 0 aromatic carbocycles. The van der Waals surface area contributed by atoms with Gasteiger partial charge in [0.05, 0.1) is 11.9 Å². The van der Waals surface area contributed by atoms with Gasteiger partial charge < -0.3 is 10.3 Å². The molecule has 0 unspecified atom stereocenters. The van der Waals surface area contributed by atoms with E-state index in [0.717, 1.165) is 25.6 Å². The lowest BCUT2D eigenvalue weighted by Gasteiger charge is -2.33. The highest BCUT2D eigenvalue weighted by Crippen LogP contribution is 2.26. The highest BCUT2D eigenvalue weighted by Gasteiger charge is 2.22. The third kappa shape index (κ3) is 2.32. The van der Waals surface area contributed by atoms with Crippen LogP contribution in [0.1, 0.15) is 37.8 Å². The second kappa shape index (κ2) is 4.69. The zero-order valence-electron chi connectivity index (χ0n) is 10.4. The van der Waals surface area contributed by atoms with Crippen molar-refractivity contribution in [2.45, 2.75) is 45.2 Å². The lowest BCUT2D eigenvalue weighted by Crippen LogP contribution is -2.37. The van der Waals surface area contributed by atoms with Crippen LogP contribution < -0.4 is 5.73 Å². The maximum Gasteiger partial charge on any atom is 0.200 e. The van der Waals surface area contributed by atoms with Gasteiger partial charge >= 0.3 is 0 Å². The molecular weight excluding hydrogens is 212 g/mol. The number of nitrogens with zero attached hydrogens (tertiary/aromatic N) is 3. The number of hydrogen-bond donors (Lipinski definition) is 1. The predicted molar refractivity (Wildman–Crippen MR) is 68.5 cm³/mol. The van der Waals surface area contributed by atoms with Crippen LogP contribution in [0.3, 0.4) is 0 Å². The number of aromatic nitrogens is 2. The average molecular weight is 234 g/mol. The SMILES string of the molecule is Nc1ncc2n1CCN(CC1CCCCC1)C2. The molecule has 2 N–H and O–H groups in total. The predicted octanol–water partition coefficient (Wildman–Crippen LogP) is 1.86. The lowest BCUT2D eigenvalue weighted by atomic mass is 9.89. The van der Waals surface area contributed by atoms with E-state index >= 15 is 0 Å². The summed E-state index contributed by atoms with van der Waals surface area (Å²) in [5.41, 5.74) is 7.11. The van der Waals surface area contributed by atoms with Crippen molar-refractivity contribution in [3.8, 4) is 0 Å². The average Bonchev–Trinajstić information content (AvgIpc) is 2.72. The van der Waals surface area contributed by atoms with Crippen molar-refractivity contribution in [3.05, 3.63) is 11.9 Å². The number of fused-ring (bicyclic) bond motifs is 1. The summed E-state index contributed by atoms with van der Waals surface area (Å²) in [6.07, 6.45) is 9.10. The molecule has 1 aliphatic heterocycles. The fraction of sp³-hybridized carbons (Fsp3) is 0.769. The Balaban J connectivity index is 1.60.